The number of rotatable bonds is 3. The summed E-state index contributed by atoms with van der Waals surface area (Å²) < 4.78 is 4.99. The maximum absolute atomic E-state index is 11.6. The Balaban J connectivity index is 1.84. The first-order chi connectivity index (χ1) is 6.09. The Morgan fingerprint density at radius 1 is 1.38 bits per heavy atom. The van der Waals surface area contributed by atoms with Gasteiger partial charge >= 0.3 is 0 Å². The molecule has 1 saturated carbocycles. The second-order valence-corrected chi connectivity index (χ2v) is 4.72. The van der Waals surface area contributed by atoms with Crippen LogP contribution in [0.15, 0.2) is 0 Å². The van der Waals surface area contributed by atoms with E-state index in [0.29, 0.717) is 19.1 Å². The van der Waals surface area contributed by atoms with E-state index in [0.717, 1.165) is 0 Å². The minimum atomic E-state index is -0.00727. The van der Waals surface area contributed by atoms with Gasteiger partial charge in [-0.3, -0.25) is 4.79 Å². The molecular formula is C10H17NO2. The summed E-state index contributed by atoms with van der Waals surface area (Å²) in [5, 5.41) is 3.10. The van der Waals surface area contributed by atoms with Crippen LogP contribution in [-0.2, 0) is 9.53 Å². The van der Waals surface area contributed by atoms with Crippen molar-refractivity contribution in [1.29, 1.82) is 0 Å². The Hall–Kier alpha value is -0.570. The maximum Gasteiger partial charge on any atom is 0.228 e. The Kier molecular flexibility index (Phi) is 2.06. The van der Waals surface area contributed by atoms with E-state index in [1.54, 1.807) is 0 Å². The van der Waals surface area contributed by atoms with E-state index >= 15 is 0 Å². The molecule has 1 aliphatic heterocycles. The van der Waals surface area contributed by atoms with E-state index < -0.39 is 0 Å². The van der Waals surface area contributed by atoms with E-state index in [1.807, 2.05) is 0 Å². The first-order valence-electron chi connectivity index (χ1n) is 4.99. The van der Waals surface area contributed by atoms with Crippen LogP contribution in [0.3, 0.4) is 0 Å². The van der Waals surface area contributed by atoms with Crippen molar-refractivity contribution >= 4 is 5.91 Å². The Bertz CT molecular complexity index is 217. The van der Waals surface area contributed by atoms with Crippen LogP contribution in [0, 0.1) is 11.8 Å². The van der Waals surface area contributed by atoms with Gasteiger partial charge < -0.3 is 10.1 Å². The average molecular weight is 183 g/mol. The van der Waals surface area contributed by atoms with Gasteiger partial charge in [0.05, 0.1) is 19.1 Å². The number of hydrogen-bond acceptors (Lipinski definition) is 2. The SMILES string of the molecule is CC(C)(NC(=O)C1COC1)C1CC1. The third kappa shape index (κ3) is 1.85. The van der Waals surface area contributed by atoms with E-state index in [9.17, 15) is 4.79 Å². The lowest BCUT2D eigenvalue weighted by atomic mass is 9.96. The molecule has 0 atom stereocenters. The molecule has 0 unspecified atom stereocenters. The third-order valence-corrected chi connectivity index (χ3v) is 3.05. The zero-order valence-corrected chi connectivity index (χ0v) is 8.30. The number of ether oxygens (including phenoxy) is 1. The van der Waals surface area contributed by atoms with Gasteiger partial charge in [-0.25, -0.2) is 0 Å². The summed E-state index contributed by atoms with van der Waals surface area (Å²) in [6, 6.07) is 0. The zero-order chi connectivity index (χ0) is 9.47. The highest BCUT2D eigenvalue weighted by Gasteiger charge is 2.40. The highest BCUT2D eigenvalue weighted by molar-refractivity contribution is 5.80. The number of hydrogen-bond donors (Lipinski definition) is 1. The normalized spacial score (nSPS) is 23.8. The van der Waals surface area contributed by atoms with Crippen molar-refractivity contribution in [3.63, 3.8) is 0 Å². The first kappa shape index (κ1) is 9.00. The van der Waals surface area contributed by atoms with Crippen LogP contribution in [0.4, 0.5) is 0 Å². The lowest BCUT2D eigenvalue weighted by molar-refractivity contribution is -0.140. The molecule has 74 valence electrons. The molecule has 3 nitrogen and oxygen atoms in total. The number of carbonyl (C=O) groups is 1. The quantitative estimate of drug-likeness (QED) is 0.707. The monoisotopic (exact) mass is 183 g/mol. The second kappa shape index (κ2) is 2.98. The molecule has 1 saturated heterocycles. The summed E-state index contributed by atoms with van der Waals surface area (Å²) in [7, 11) is 0. The molecule has 1 amide bonds. The van der Waals surface area contributed by atoms with Crippen LogP contribution < -0.4 is 5.32 Å². The van der Waals surface area contributed by atoms with Crippen LogP contribution in [0.25, 0.3) is 0 Å². The summed E-state index contributed by atoms with van der Waals surface area (Å²) in [5.41, 5.74) is -0.00727. The van der Waals surface area contributed by atoms with Gasteiger partial charge in [0.2, 0.25) is 5.91 Å². The number of amides is 1. The lowest BCUT2D eigenvalue weighted by Crippen LogP contribution is -2.51. The van der Waals surface area contributed by atoms with Gasteiger partial charge in [0, 0.05) is 5.54 Å². The van der Waals surface area contributed by atoms with Crippen LogP contribution >= 0.6 is 0 Å². The van der Waals surface area contributed by atoms with Crippen LogP contribution in [-0.4, -0.2) is 24.7 Å². The van der Waals surface area contributed by atoms with E-state index in [-0.39, 0.29) is 17.4 Å². The van der Waals surface area contributed by atoms with Crippen LogP contribution in [0.1, 0.15) is 26.7 Å². The van der Waals surface area contributed by atoms with Gasteiger partial charge in [-0.05, 0) is 32.6 Å². The molecule has 3 heteroatoms. The fraction of sp³-hybridized carbons (Fsp3) is 0.900. The van der Waals surface area contributed by atoms with Gasteiger partial charge in [0.25, 0.3) is 0 Å². The van der Waals surface area contributed by atoms with E-state index in [2.05, 4.69) is 19.2 Å². The maximum atomic E-state index is 11.6. The molecule has 2 rings (SSSR count). The molecule has 0 aromatic carbocycles. The molecule has 0 spiro atoms. The molecule has 0 bridgehead atoms. The molecule has 1 heterocycles. The molecule has 13 heavy (non-hydrogen) atoms. The second-order valence-electron chi connectivity index (χ2n) is 4.72. The Morgan fingerprint density at radius 3 is 2.38 bits per heavy atom. The summed E-state index contributed by atoms with van der Waals surface area (Å²) in [6.07, 6.45) is 2.52. The number of nitrogens with one attached hydrogen (secondary N) is 1. The van der Waals surface area contributed by atoms with Crippen molar-refractivity contribution in [2.24, 2.45) is 11.8 Å². The Labute approximate surface area is 78.8 Å². The lowest BCUT2D eigenvalue weighted by Gasteiger charge is -2.31. The van der Waals surface area contributed by atoms with Crippen molar-refractivity contribution in [2.45, 2.75) is 32.2 Å². The van der Waals surface area contributed by atoms with Crippen molar-refractivity contribution in [2.75, 3.05) is 13.2 Å². The minimum absolute atomic E-state index is 0.00727. The van der Waals surface area contributed by atoms with Crippen molar-refractivity contribution < 1.29 is 9.53 Å². The smallest absolute Gasteiger partial charge is 0.228 e. The van der Waals surface area contributed by atoms with Gasteiger partial charge in [-0.2, -0.15) is 0 Å². The summed E-state index contributed by atoms with van der Waals surface area (Å²) in [5.74, 6) is 0.971. The topological polar surface area (TPSA) is 38.3 Å². The number of carbonyl (C=O) groups excluding carboxylic acids is 1. The summed E-state index contributed by atoms with van der Waals surface area (Å²) >= 11 is 0. The molecule has 0 aromatic heterocycles. The van der Waals surface area contributed by atoms with Crippen LogP contribution in [0.5, 0.6) is 0 Å². The highest BCUT2D eigenvalue weighted by atomic mass is 16.5. The predicted molar refractivity (Wildman–Crippen MR) is 49.3 cm³/mol. The molecule has 1 N–H and O–H groups in total. The van der Waals surface area contributed by atoms with Crippen LogP contribution in [0.2, 0.25) is 0 Å². The van der Waals surface area contributed by atoms with E-state index in [4.69, 9.17) is 4.74 Å². The molecule has 2 fully saturated rings. The van der Waals surface area contributed by atoms with Gasteiger partial charge in [-0.1, -0.05) is 0 Å². The fourth-order valence-electron chi connectivity index (χ4n) is 1.71. The van der Waals surface area contributed by atoms with Gasteiger partial charge in [0.1, 0.15) is 0 Å². The molecule has 0 aromatic rings. The summed E-state index contributed by atoms with van der Waals surface area (Å²) in [6.45, 7) is 5.43. The first-order valence-corrected chi connectivity index (χ1v) is 4.99. The zero-order valence-electron chi connectivity index (χ0n) is 8.30. The van der Waals surface area contributed by atoms with Crippen molar-refractivity contribution in [3.05, 3.63) is 0 Å². The molecule has 0 radical (unpaired) electrons. The van der Waals surface area contributed by atoms with E-state index in [1.165, 1.54) is 12.8 Å². The Morgan fingerprint density at radius 2 is 2.00 bits per heavy atom. The molecule has 1 aliphatic carbocycles. The minimum Gasteiger partial charge on any atom is -0.380 e. The average Bonchev–Trinajstić information content (AvgIpc) is 2.58. The third-order valence-electron chi connectivity index (χ3n) is 3.05. The van der Waals surface area contributed by atoms with Crippen molar-refractivity contribution in [3.8, 4) is 0 Å². The van der Waals surface area contributed by atoms with Crippen molar-refractivity contribution in [1.82, 2.24) is 5.32 Å². The standard InChI is InChI=1S/C10H17NO2/c1-10(2,8-3-4-8)11-9(12)7-5-13-6-7/h7-8H,3-6H2,1-2H3,(H,11,12). The molecular weight excluding hydrogens is 166 g/mol. The predicted octanol–water partition coefficient (Wildman–Crippen LogP) is 0.938. The highest BCUT2D eigenvalue weighted by Crippen LogP contribution is 2.39. The fourth-order valence-corrected chi connectivity index (χ4v) is 1.71. The summed E-state index contributed by atoms with van der Waals surface area (Å²) in [4.78, 5) is 11.6. The largest absolute Gasteiger partial charge is 0.380 e. The molecule has 2 aliphatic rings. The van der Waals surface area contributed by atoms with Gasteiger partial charge in [-0.15, -0.1) is 0 Å². The van der Waals surface area contributed by atoms with Gasteiger partial charge in [0.15, 0.2) is 0 Å².